The second kappa shape index (κ2) is 10.1. The minimum atomic E-state index is -3.84. The highest BCUT2D eigenvalue weighted by molar-refractivity contribution is 8.01. The number of carbonyl (C=O) groups excluding carboxylic acids is 1. The van der Waals surface area contributed by atoms with Crippen LogP contribution in [0, 0.1) is 0 Å². The molecule has 0 fully saturated rings. The number of hydrogen-bond acceptors (Lipinski definition) is 9. The van der Waals surface area contributed by atoms with Crippen LogP contribution in [0.3, 0.4) is 0 Å². The quantitative estimate of drug-likeness (QED) is 0.315. The molecule has 1 aromatic heterocycles. The van der Waals surface area contributed by atoms with Gasteiger partial charge in [0.25, 0.3) is 0 Å². The number of hydrogen-bond donors (Lipinski definition) is 1. The molecule has 9 nitrogen and oxygen atoms in total. The number of rotatable bonds is 10. The van der Waals surface area contributed by atoms with Crippen molar-refractivity contribution in [1.82, 2.24) is 10.2 Å². The first kappa shape index (κ1) is 23.3. The van der Waals surface area contributed by atoms with Gasteiger partial charge in [-0.2, -0.15) is 0 Å². The molecule has 13 heteroatoms. The second-order valence-electron chi connectivity index (χ2n) is 5.45. The molecule has 0 atom stereocenters. The number of methoxy groups -OCH3 is 2. The largest absolute Gasteiger partial charge is 0.495 e. The molecule has 2 aromatic rings. The van der Waals surface area contributed by atoms with Gasteiger partial charge in [0.1, 0.15) is 18.0 Å². The molecule has 0 aliphatic carbocycles. The summed E-state index contributed by atoms with van der Waals surface area (Å²) in [4.78, 5) is 12.5. The minimum absolute atomic E-state index is 0.117. The Hall–Kier alpha value is -2.02. The fourth-order valence-corrected chi connectivity index (χ4v) is 4.77. The van der Waals surface area contributed by atoms with E-state index in [0.717, 1.165) is 10.6 Å². The standard InChI is InChI=1S/C16H19ClN4O5S3/c1-5-6-27-16-20-19-15(28-16)18-14(22)9-21(29(4,23)24)11-8-12(25-2)10(17)7-13(11)26-3/h5,7-8H,1,6,9H2,2-4H3,(H,18,19,22). The fraction of sp³-hybridized carbons (Fsp3) is 0.312. The Labute approximate surface area is 182 Å². The lowest BCUT2D eigenvalue weighted by molar-refractivity contribution is -0.114. The summed E-state index contributed by atoms with van der Waals surface area (Å²) in [5, 5.41) is 10.9. The first-order valence-electron chi connectivity index (χ1n) is 7.95. The van der Waals surface area contributed by atoms with Crippen LogP contribution >= 0.6 is 34.7 Å². The van der Waals surface area contributed by atoms with Crippen molar-refractivity contribution in [2.45, 2.75) is 4.34 Å². The summed E-state index contributed by atoms with van der Waals surface area (Å²) < 4.78 is 36.7. The number of benzene rings is 1. The van der Waals surface area contributed by atoms with Crippen molar-refractivity contribution < 1.29 is 22.7 Å². The van der Waals surface area contributed by atoms with Crippen molar-refractivity contribution in [2.24, 2.45) is 0 Å². The molecule has 29 heavy (non-hydrogen) atoms. The predicted octanol–water partition coefficient (Wildman–Crippen LogP) is 2.89. The molecule has 1 heterocycles. The highest BCUT2D eigenvalue weighted by Gasteiger charge is 2.26. The van der Waals surface area contributed by atoms with E-state index in [2.05, 4.69) is 22.1 Å². The van der Waals surface area contributed by atoms with Crippen molar-refractivity contribution >= 4 is 61.4 Å². The Morgan fingerprint density at radius 3 is 2.62 bits per heavy atom. The topological polar surface area (TPSA) is 111 Å². The summed E-state index contributed by atoms with van der Waals surface area (Å²) in [5.74, 6) is 0.475. The minimum Gasteiger partial charge on any atom is -0.495 e. The molecule has 0 bridgehead atoms. The molecule has 0 radical (unpaired) electrons. The molecule has 0 spiro atoms. The Bertz CT molecular complexity index is 996. The highest BCUT2D eigenvalue weighted by atomic mass is 35.5. The first-order chi connectivity index (χ1) is 13.7. The third-order valence-electron chi connectivity index (χ3n) is 3.39. The SMILES string of the molecule is C=CCSc1nnc(NC(=O)CN(c2cc(OC)c(Cl)cc2OC)S(C)(=O)=O)s1. The van der Waals surface area contributed by atoms with Crippen molar-refractivity contribution in [3.63, 3.8) is 0 Å². The number of nitrogens with one attached hydrogen (secondary N) is 1. The number of amides is 1. The van der Waals surface area contributed by atoms with E-state index < -0.39 is 22.5 Å². The van der Waals surface area contributed by atoms with Gasteiger partial charge in [0.05, 0.1) is 31.2 Å². The van der Waals surface area contributed by atoms with Crippen LogP contribution in [0.25, 0.3) is 0 Å². The predicted molar refractivity (Wildman–Crippen MR) is 116 cm³/mol. The lowest BCUT2D eigenvalue weighted by Crippen LogP contribution is -2.37. The van der Waals surface area contributed by atoms with Crippen LogP contribution < -0.4 is 19.1 Å². The number of halogens is 1. The maximum atomic E-state index is 12.5. The van der Waals surface area contributed by atoms with E-state index in [-0.39, 0.29) is 27.3 Å². The molecule has 158 valence electrons. The maximum Gasteiger partial charge on any atom is 0.246 e. The van der Waals surface area contributed by atoms with Gasteiger partial charge in [0.15, 0.2) is 4.34 Å². The van der Waals surface area contributed by atoms with E-state index >= 15 is 0 Å². The van der Waals surface area contributed by atoms with Crippen LogP contribution in [0.4, 0.5) is 10.8 Å². The number of sulfonamides is 1. The van der Waals surface area contributed by atoms with Crippen molar-refractivity contribution in [1.29, 1.82) is 0 Å². The van der Waals surface area contributed by atoms with E-state index in [1.807, 2.05) is 0 Å². The molecule has 1 aromatic carbocycles. The van der Waals surface area contributed by atoms with Gasteiger partial charge in [-0.3, -0.25) is 14.4 Å². The molecular formula is C16H19ClN4O5S3. The molecule has 0 saturated heterocycles. The average molecular weight is 479 g/mol. The Morgan fingerprint density at radius 2 is 2.03 bits per heavy atom. The first-order valence-corrected chi connectivity index (χ1v) is 12.0. The summed E-state index contributed by atoms with van der Waals surface area (Å²) >= 11 is 8.67. The Kier molecular flexibility index (Phi) is 8.14. The molecule has 1 amide bonds. The smallest absolute Gasteiger partial charge is 0.246 e. The van der Waals surface area contributed by atoms with Crippen LogP contribution in [0.1, 0.15) is 0 Å². The molecule has 1 N–H and O–H groups in total. The summed E-state index contributed by atoms with van der Waals surface area (Å²) in [6.07, 6.45) is 2.71. The van der Waals surface area contributed by atoms with E-state index in [0.29, 0.717) is 10.1 Å². The van der Waals surface area contributed by atoms with Crippen molar-refractivity contribution in [2.75, 3.05) is 42.4 Å². The van der Waals surface area contributed by atoms with Crippen LogP contribution in [-0.2, 0) is 14.8 Å². The third kappa shape index (κ3) is 6.23. The van der Waals surface area contributed by atoms with Gasteiger partial charge in [-0.1, -0.05) is 40.8 Å². The van der Waals surface area contributed by atoms with E-state index in [1.165, 1.54) is 49.5 Å². The Balaban J connectivity index is 2.27. The summed E-state index contributed by atoms with van der Waals surface area (Å²) in [7, 11) is -1.07. The van der Waals surface area contributed by atoms with E-state index in [4.69, 9.17) is 21.1 Å². The van der Waals surface area contributed by atoms with Crippen molar-refractivity contribution in [3.05, 3.63) is 29.8 Å². The van der Waals surface area contributed by atoms with Gasteiger partial charge in [0.2, 0.25) is 21.1 Å². The monoisotopic (exact) mass is 478 g/mol. The summed E-state index contributed by atoms with van der Waals surface area (Å²) in [5.41, 5.74) is 0.117. The Morgan fingerprint density at radius 1 is 1.34 bits per heavy atom. The van der Waals surface area contributed by atoms with E-state index in [1.54, 1.807) is 6.08 Å². The molecule has 0 saturated carbocycles. The van der Waals surface area contributed by atoms with Crippen LogP contribution in [-0.4, -0.2) is 57.3 Å². The van der Waals surface area contributed by atoms with Gasteiger partial charge in [0, 0.05) is 17.9 Å². The van der Waals surface area contributed by atoms with Gasteiger partial charge in [-0.25, -0.2) is 8.42 Å². The van der Waals surface area contributed by atoms with Crippen LogP contribution in [0.5, 0.6) is 11.5 Å². The molecule has 2 rings (SSSR count). The lowest BCUT2D eigenvalue weighted by atomic mass is 10.2. The zero-order chi connectivity index (χ0) is 21.6. The molecule has 0 unspecified atom stereocenters. The normalized spacial score (nSPS) is 11.0. The van der Waals surface area contributed by atoms with Gasteiger partial charge >= 0.3 is 0 Å². The van der Waals surface area contributed by atoms with Crippen LogP contribution in [0.15, 0.2) is 29.1 Å². The fourth-order valence-electron chi connectivity index (χ4n) is 2.16. The number of thioether (sulfide) groups is 1. The van der Waals surface area contributed by atoms with Gasteiger partial charge in [-0.05, 0) is 0 Å². The number of ether oxygens (including phenoxy) is 2. The number of anilines is 2. The number of carbonyl (C=O) groups is 1. The zero-order valence-corrected chi connectivity index (χ0v) is 19.0. The molecule has 0 aliphatic rings. The highest BCUT2D eigenvalue weighted by Crippen LogP contribution is 2.39. The van der Waals surface area contributed by atoms with Crippen molar-refractivity contribution in [3.8, 4) is 11.5 Å². The molecule has 0 aliphatic heterocycles. The van der Waals surface area contributed by atoms with Gasteiger partial charge in [-0.15, -0.1) is 16.8 Å². The summed E-state index contributed by atoms with van der Waals surface area (Å²) in [6, 6.07) is 2.81. The molecular weight excluding hydrogens is 460 g/mol. The zero-order valence-electron chi connectivity index (χ0n) is 15.8. The summed E-state index contributed by atoms with van der Waals surface area (Å²) in [6.45, 7) is 3.12. The van der Waals surface area contributed by atoms with Gasteiger partial charge < -0.3 is 9.47 Å². The second-order valence-corrected chi connectivity index (χ2v) is 10.0. The average Bonchev–Trinajstić information content (AvgIpc) is 3.10. The maximum absolute atomic E-state index is 12.5. The number of aromatic nitrogens is 2. The third-order valence-corrected chi connectivity index (χ3v) is 6.78. The number of nitrogens with zero attached hydrogens (tertiary/aromatic N) is 3. The van der Waals surface area contributed by atoms with Crippen LogP contribution in [0.2, 0.25) is 5.02 Å². The van der Waals surface area contributed by atoms with E-state index in [9.17, 15) is 13.2 Å². The lowest BCUT2D eigenvalue weighted by Gasteiger charge is -2.24.